The Balaban J connectivity index is 2.10. The number of nitrogens with two attached hydrogens (primary N) is 1. The minimum atomic E-state index is 0.637. The van der Waals surface area contributed by atoms with Gasteiger partial charge in [0, 0.05) is 5.69 Å². The number of nitrogens with zero attached hydrogens (tertiary/aromatic N) is 1. The monoisotopic (exact) mass is 206 g/mol. The highest BCUT2D eigenvalue weighted by molar-refractivity contribution is 5.28. The molecule has 0 bridgehead atoms. The molecule has 0 aliphatic heterocycles. The standard InChI is InChI=1S/C13H22N2/c1-2-3-4-5-6-7-9-12-10-8-11-13(14)15-12/h8,10-11H,2-7,9H2,1H3,(H2,14,15). The van der Waals surface area contributed by atoms with Crippen LogP contribution in [0.1, 0.15) is 51.1 Å². The van der Waals surface area contributed by atoms with Crippen LogP contribution in [0.5, 0.6) is 0 Å². The molecule has 1 rings (SSSR count). The number of aryl methyl sites for hydroxylation is 1. The highest BCUT2D eigenvalue weighted by atomic mass is 14.8. The van der Waals surface area contributed by atoms with Gasteiger partial charge in [0.1, 0.15) is 5.82 Å². The molecule has 1 heterocycles. The van der Waals surface area contributed by atoms with E-state index in [0.29, 0.717) is 5.82 Å². The van der Waals surface area contributed by atoms with Crippen LogP contribution in [0, 0.1) is 0 Å². The molecule has 0 atom stereocenters. The van der Waals surface area contributed by atoms with Crippen molar-refractivity contribution in [1.82, 2.24) is 4.98 Å². The summed E-state index contributed by atoms with van der Waals surface area (Å²) in [5.41, 5.74) is 6.75. The molecule has 2 heteroatoms. The van der Waals surface area contributed by atoms with E-state index in [2.05, 4.69) is 18.0 Å². The molecule has 0 aliphatic carbocycles. The van der Waals surface area contributed by atoms with Crippen LogP contribution in [0.15, 0.2) is 18.2 Å². The molecule has 15 heavy (non-hydrogen) atoms. The first-order valence-corrected chi connectivity index (χ1v) is 6.04. The second-order valence-electron chi connectivity index (χ2n) is 4.07. The number of hydrogen-bond acceptors (Lipinski definition) is 2. The van der Waals surface area contributed by atoms with Gasteiger partial charge in [0.15, 0.2) is 0 Å². The molecule has 0 aromatic carbocycles. The van der Waals surface area contributed by atoms with Crippen molar-refractivity contribution < 1.29 is 0 Å². The Morgan fingerprint density at radius 2 is 1.80 bits per heavy atom. The van der Waals surface area contributed by atoms with Crippen LogP contribution in [0.2, 0.25) is 0 Å². The van der Waals surface area contributed by atoms with Crippen LogP contribution >= 0.6 is 0 Å². The van der Waals surface area contributed by atoms with Crippen LogP contribution in [-0.2, 0) is 6.42 Å². The summed E-state index contributed by atoms with van der Waals surface area (Å²) >= 11 is 0. The van der Waals surface area contributed by atoms with Crippen molar-refractivity contribution in [3.8, 4) is 0 Å². The van der Waals surface area contributed by atoms with Crippen molar-refractivity contribution in [2.75, 3.05) is 5.73 Å². The van der Waals surface area contributed by atoms with Gasteiger partial charge >= 0.3 is 0 Å². The van der Waals surface area contributed by atoms with Gasteiger partial charge < -0.3 is 5.73 Å². The van der Waals surface area contributed by atoms with Gasteiger partial charge in [-0.25, -0.2) is 4.98 Å². The van der Waals surface area contributed by atoms with E-state index in [4.69, 9.17) is 5.73 Å². The van der Waals surface area contributed by atoms with E-state index in [1.807, 2.05) is 12.1 Å². The third kappa shape index (κ3) is 5.40. The molecule has 84 valence electrons. The minimum Gasteiger partial charge on any atom is -0.384 e. The molecule has 0 fully saturated rings. The zero-order chi connectivity index (χ0) is 10.9. The van der Waals surface area contributed by atoms with Gasteiger partial charge in [0.2, 0.25) is 0 Å². The molecular formula is C13H22N2. The van der Waals surface area contributed by atoms with Crippen LogP contribution in [0.3, 0.4) is 0 Å². The summed E-state index contributed by atoms with van der Waals surface area (Å²) in [5.74, 6) is 0.637. The first-order chi connectivity index (χ1) is 7.33. The summed E-state index contributed by atoms with van der Waals surface area (Å²) in [6, 6.07) is 5.88. The van der Waals surface area contributed by atoms with E-state index in [9.17, 15) is 0 Å². The van der Waals surface area contributed by atoms with Crippen molar-refractivity contribution in [3.05, 3.63) is 23.9 Å². The number of rotatable bonds is 7. The van der Waals surface area contributed by atoms with Crippen molar-refractivity contribution in [3.63, 3.8) is 0 Å². The van der Waals surface area contributed by atoms with Crippen LogP contribution in [-0.4, -0.2) is 4.98 Å². The summed E-state index contributed by atoms with van der Waals surface area (Å²) in [7, 11) is 0. The Kier molecular flexibility index (Phi) is 5.83. The number of pyridine rings is 1. The van der Waals surface area contributed by atoms with Gasteiger partial charge in [-0.15, -0.1) is 0 Å². The van der Waals surface area contributed by atoms with E-state index in [1.54, 1.807) is 0 Å². The van der Waals surface area contributed by atoms with Crippen molar-refractivity contribution in [1.29, 1.82) is 0 Å². The average molecular weight is 206 g/mol. The second kappa shape index (κ2) is 7.27. The summed E-state index contributed by atoms with van der Waals surface area (Å²) in [6.07, 6.45) is 9.04. The molecule has 0 radical (unpaired) electrons. The quantitative estimate of drug-likeness (QED) is 0.693. The van der Waals surface area contributed by atoms with Gasteiger partial charge in [-0.1, -0.05) is 45.1 Å². The van der Waals surface area contributed by atoms with Crippen LogP contribution in [0.4, 0.5) is 5.82 Å². The van der Waals surface area contributed by atoms with E-state index in [1.165, 1.54) is 38.5 Å². The molecule has 0 saturated carbocycles. The first kappa shape index (κ1) is 12.0. The van der Waals surface area contributed by atoms with Crippen molar-refractivity contribution >= 4 is 5.82 Å². The van der Waals surface area contributed by atoms with Crippen molar-refractivity contribution in [2.45, 2.75) is 51.9 Å². The van der Waals surface area contributed by atoms with Crippen molar-refractivity contribution in [2.24, 2.45) is 0 Å². The van der Waals surface area contributed by atoms with E-state index in [-0.39, 0.29) is 0 Å². The molecule has 0 spiro atoms. The normalized spacial score (nSPS) is 10.5. The molecule has 0 saturated heterocycles. The predicted octanol–water partition coefficient (Wildman–Crippen LogP) is 3.57. The lowest BCUT2D eigenvalue weighted by Gasteiger charge is -2.02. The maximum absolute atomic E-state index is 5.62. The summed E-state index contributed by atoms with van der Waals surface area (Å²) in [6.45, 7) is 2.25. The average Bonchev–Trinajstić information content (AvgIpc) is 2.23. The Labute approximate surface area is 92.9 Å². The van der Waals surface area contributed by atoms with E-state index >= 15 is 0 Å². The third-order valence-electron chi connectivity index (χ3n) is 2.61. The lowest BCUT2D eigenvalue weighted by Crippen LogP contribution is -1.95. The Morgan fingerprint density at radius 3 is 2.53 bits per heavy atom. The van der Waals surface area contributed by atoms with Gasteiger partial charge in [-0.2, -0.15) is 0 Å². The van der Waals surface area contributed by atoms with E-state index in [0.717, 1.165) is 12.1 Å². The fraction of sp³-hybridized carbons (Fsp3) is 0.615. The largest absolute Gasteiger partial charge is 0.384 e. The lowest BCUT2D eigenvalue weighted by atomic mass is 10.1. The molecule has 2 nitrogen and oxygen atoms in total. The maximum atomic E-state index is 5.62. The molecule has 0 amide bonds. The highest BCUT2D eigenvalue weighted by Gasteiger charge is 1.95. The molecule has 1 aromatic heterocycles. The fourth-order valence-corrected chi connectivity index (χ4v) is 1.72. The molecule has 0 unspecified atom stereocenters. The number of nitrogen functional groups attached to an aromatic ring is 1. The van der Waals surface area contributed by atoms with Gasteiger partial charge in [-0.3, -0.25) is 0 Å². The Hall–Kier alpha value is -1.05. The SMILES string of the molecule is CCCCCCCCc1cccc(N)n1. The summed E-state index contributed by atoms with van der Waals surface area (Å²) in [5, 5.41) is 0. The van der Waals surface area contributed by atoms with Crippen LogP contribution in [0.25, 0.3) is 0 Å². The number of hydrogen-bond donors (Lipinski definition) is 1. The maximum Gasteiger partial charge on any atom is 0.123 e. The van der Waals surface area contributed by atoms with Crippen LogP contribution < -0.4 is 5.73 Å². The first-order valence-electron chi connectivity index (χ1n) is 6.04. The topological polar surface area (TPSA) is 38.9 Å². The van der Waals surface area contributed by atoms with Gasteiger partial charge in [0.05, 0.1) is 0 Å². The highest BCUT2D eigenvalue weighted by Crippen LogP contribution is 2.09. The smallest absolute Gasteiger partial charge is 0.123 e. The third-order valence-corrected chi connectivity index (χ3v) is 2.61. The molecular weight excluding hydrogens is 184 g/mol. The molecule has 0 aliphatic rings. The Bertz CT molecular complexity index is 271. The summed E-state index contributed by atoms with van der Waals surface area (Å²) < 4.78 is 0. The summed E-state index contributed by atoms with van der Waals surface area (Å²) in [4.78, 5) is 4.28. The number of aromatic nitrogens is 1. The van der Waals surface area contributed by atoms with Gasteiger partial charge in [0.25, 0.3) is 0 Å². The van der Waals surface area contributed by atoms with E-state index < -0.39 is 0 Å². The molecule has 2 N–H and O–H groups in total. The zero-order valence-electron chi connectivity index (χ0n) is 9.71. The number of anilines is 1. The lowest BCUT2D eigenvalue weighted by molar-refractivity contribution is 0.605. The molecule has 1 aromatic rings. The minimum absolute atomic E-state index is 0.637. The predicted molar refractivity (Wildman–Crippen MR) is 65.7 cm³/mol. The number of unbranched alkanes of at least 4 members (excludes halogenated alkanes) is 5. The fourth-order valence-electron chi connectivity index (χ4n) is 1.72. The zero-order valence-corrected chi connectivity index (χ0v) is 9.71. The second-order valence-corrected chi connectivity index (χ2v) is 4.07. The Morgan fingerprint density at radius 1 is 1.07 bits per heavy atom. The van der Waals surface area contributed by atoms with Gasteiger partial charge in [-0.05, 0) is 25.0 Å².